The van der Waals surface area contributed by atoms with E-state index in [2.05, 4.69) is 5.32 Å². The molecule has 0 bridgehead atoms. The van der Waals surface area contributed by atoms with Crippen molar-refractivity contribution in [1.82, 2.24) is 0 Å². The predicted octanol–water partition coefficient (Wildman–Crippen LogP) is 3.87. The topological polar surface area (TPSA) is 83.1 Å². The van der Waals surface area contributed by atoms with Crippen LogP contribution in [0.5, 0.6) is 17.2 Å². The lowest BCUT2D eigenvalue weighted by atomic mass is 10.1. The van der Waals surface area contributed by atoms with Gasteiger partial charge in [0.25, 0.3) is 5.91 Å². The molecule has 0 aliphatic rings. The quantitative estimate of drug-likeness (QED) is 0.516. The molecule has 0 spiro atoms. The van der Waals surface area contributed by atoms with Gasteiger partial charge < -0.3 is 24.3 Å². The van der Waals surface area contributed by atoms with Crippen molar-refractivity contribution >= 4 is 35.2 Å². The monoisotopic (exact) mass is 419 g/mol. The van der Waals surface area contributed by atoms with Crippen LogP contribution in [-0.2, 0) is 14.3 Å². The Labute approximate surface area is 174 Å². The Morgan fingerprint density at radius 1 is 1.00 bits per heavy atom. The Kier molecular flexibility index (Phi) is 7.91. The number of anilines is 1. The smallest absolute Gasteiger partial charge is 0.331 e. The first kappa shape index (κ1) is 22.1. The average Bonchev–Trinajstić information content (AvgIpc) is 2.72. The molecule has 7 nitrogen and oxygen atoms in total. The van der Waals surface area contributed by atoms with Crippen molar-refractivity contribution in [1.29, 1.82) is 0 Å². The van der Waals surface area contributed by atoms with E-state index in [1.54, 1.807) is 30.3 Å². The lowest BCUT2D eigenvalue weighted by molar-refractivity contribution is -0.142. The highest BCUT2D eigenvalue weighted by molar-refractivity contribution is 6.31. The first-order chi connectivity index (χ1) is 13.9. The number of aryl methyl sites for hydroxylation is 1. The molecule has 0 radical (unpaired) electrons. The summed E-state index contributed by atoms with van der Waals surface area (Å²) in [7, 11) is 4.52. The van der Waals surface area contributed by atoms with Crippen LogP contribution in [0.4, 0.5) is 5.69 Å². The van der Waals surface area contributed by atoms with E-state index in [4.69, 9.17) is 30.5 Å². The summed E-state index contributed by atoms with van der Waals surface area (Å²) in [5, 5.41) is 3.15. The number of esters is 1. The minimum atomic E-state index is -0.681. The minimum absolute atomic E-state index is 0.432. The van der Waals surface area contributed by atoms with Crippen molar-refractivity contribution < 1.29 is 28.5 Å². The molecule has 0 fully saturated rings. The van der Waals surface area contributed by atoms with Crippen LogP contribution in [0.1, 0.15) is 11.1 Å². The second-order valence-corrected chi connectivity index (χ2v) is 6.33. The third-order valence-corrected chi connectivity index (χ3v) is 4.19. The summed E-state index contributed by atoms with van der Waals surface area (Å²) in [5.41, 5.74) is 1.99. The minimum Gasteiger partial charge on any atom is -0.496 e. The number of hydrogen-bond donors (Lipinski definition) is 1. The van der Waals surface area contributed by atoms with E-state index in [1.807, 2.05) is 6.92 Å². The Morgan fingerprint density at radius 3 is 2.31 bits per heavy atom. The molecule has 1 amide bonds. The van der Waals surface area contributed by atoms with Crippen LogP contribution in [-0.4, -0.2) is 39.8 Å². The van der Waals surface area contributed by atoms with Gasteiger partial charge in [0.05, 0.1) is 21.3 Å². The van der Waals surface area contributed by atoms with E-state index in [1.165, 1.54) is 33.5 Å². The lowest BCUT2D eigenvalue weighted by Crippen LogP contribution is -2.20. The Hall–Kier alpha value is -3.19. The van der Waals surface area contributed by atoms with Crippen molar-refractivity contribution in [3.05, 3.63) is 52.6 Å². The lowest BCUT2D eigenvalue weighted by Gasteiger charge is -2.12. The second kappa shape index (κ2) is 10.4. The molecule has 2 aromatic rings. The average molecular weight is 420 g/mol. The van der Waals surface area contributed by atoms with Gasteiger partial charge in [0, 0.05) is 28.4 Å². The SMILES string of the molecule is COc1cc(OC)c(OC)cc1/C=C/C(=O)OCC(=O)Nc1cc(Cl)ccc1C. The van der Waals surface area contributed by atoms with Crippen molar-refractivity contribution in [2.24, 2.45) is 0 Å². The molecule has 0 saturated heterocycles. The van der Waals surface area contributed by atoms with Crippen molar-refractivity contribution in [3.63, 3.8) is 0 Å². The summed E-state index contributed by atoms with van der Waals surface area (Å²) in [6.07, 6.45) is 2.70. The first-order valence-electron chi connectivity index (χ1n) is 8.58. The van der Waals surface area contributed by atoms with Gasteiger partial charge in [-0.3, -0.25) is 4.79 Å². The fourth-order valence-corrected chi connectivity index (χ4v) is 2.61. The maximum absolute atomic E-state index is 12.0. The zero-order chi connectivity index (χ0) is 21.4. The third-order valence-electron chi connectivity index (χ3n) is 3.95. The van der Waals surface area contributed by atoms with Gasteiger partial charge >= 0.3 is 5.97 Å². The standard InChI is InChI=1S/C21H22ClNO6/c1-13-5-7-15(22)10-16(13)23-20(24)12-29-21(25)8-6-14-9-18(27-3)19(28-4)11-17(14)26-2/h5-11H,12H2,1-4H3,(H,23,24)/b8-6+. The predicted molar refractivity (Wildman–Crippen MR) is 111 cm³/mol. The maximum atomic E-state index is 12.0. The van der Waals surface area contributed by atoms with Crippen LogP contribution in [0.25, 0.3) is 6.08 Å². The van der Waals surface area contributed by atoms with Crippen LogP contribution in [0.15, 0.2) is 36.4 Å². The number of nitrogens with one attached hydrogen (secondary N) is 1. The second-order valence-electron chi connectivity index (χ2n) is 5.90. The Bertz CT molecular complexity index is 926. The van der Waals surface area contributed by atoms with E-state index in [0.29, 0.717) is 33.5 Å². The molecule has 0 saturated carbocycles. The molecule has 154 valence electrons. The zero-order valence-corrected chi connectivity index (χ0v) is 17.3. The molecule has 29 heavy (non-hydrogen) atoms. The van der Waals surface area contributed by atoms with Gasteiger partial charge in [-0.15, -0.1) is 0 Å². The van der Waals surface area contributed by atoms with E-state index < -0.39 is 18.5 Å². The molecule has 0 atom stereocenters. The van der Waals surface area contributed by atoms with Gasteiger partial charge in [-0.2, -0.15) is 0 Å². The van der Waals surface area contributed by atoms with E-state index >= 15 is 0 Å². The Balaban J connectivity index is 1.99. The van der Waals surface area contributed by atoms with Gasteiger partial charge in [-0.1, -0.05) is 17.7 Å². The molecule has 1 N–H and O–H groups in total. The number of ether oxygens (including phenoxy) is 4. The fraction of sp³-hybridized carbons (Fsp3) is 0.238. The highest BCUT2D eigenvalue weighted by atomic mass is 35.5. The number of methoxy groups -OCH3 is 3. The van der Waals surface area contributed by atoms with Crippen molar-refractivity contribution in [2.75, 3.05) is 33.3 Å². The molecule has 0 aromatic heterocycles. The zero-order valence-electron chi connectivity index (χ0n) is 16.6. The van der Waals surface area contributed by atoms with Crippen molar-refractivity contribution in [3.8, 4) is 17.2 Å². The highest BCUT2D eigenvalue weighted by Gasteiger charge is 2.11. The molecular formula is C21H22ClNO6. The summed E-state index contributed by atoms with van der Waals surface area (Å²) in [6, 6.07) is 8.43. The van der Waals surface area contributed by atoms with E-state index in [9.17, 15) is 9.59 Å². The fourth-order valence-electron chi connectivity index (χ4n) is 2.44. The van der Waals surface area contributed by atoms with E-state index in [-0.39, 0.29) is 0 Å². The number of benzene rings is 2. The highest BCUT2D eigenvalue weighted by Crippen LogP contribution is 2.35. The molecule has 0 aliphatic heterocycles. The van der Waals surface area contributed by atoms with Gasteiger partial charge in [0.15, 0.2) is 18.1 Å². The number of rotatable bonds is 8. The molecule has 0 unspecified atom stereocenters. The summed E-state index contributed by atoms with van der Waals surface area (Å²) in [5.74, 6) is 0.316. The van der Waals surface area contributed by atoms with Crippen LogP contribution in [0.2, 0.25) is 5.02 Å². The summed E-state index contributed by atoms with van der Waals surface area (Å²) >= 11 is 5.92. The van der Waals surface area contributed by atoms with Crippen LogP contribution >= 0.6 is 11.6 Å². The third kappa shape index (κ3) is 6.15. The summed E-state index contributed by atoms with van der Waals surface area (Å²) in [4.78, 5) is 24.0. The molecule has 0 aliphatic carbocycles. The summed E-state index contributed by atoms with van der Waals surface area (Å²) < 4.78 is 20.7. The van der Waals surface area contributed by atoms with Crippen LogP contribution < -0.4 is 19.5 Å². The van der Waals surface area contributed by atoms with E-state index in [0.717, 1.165) is 5.56 Å². The largest absolute Gasteiger partial charge is 0.496 e. The molecule has 8 heteroatoms. The Morgan fingerprint density at radius 2 is 1.66 bits per heavy atom. The molecule has 2 rings (SSSR count). The molecule has 2 aromatic carbocycles. The number of halogens is 1. The first-order valence-corrected chi connectivity index (χ1v) is 8.96. The number of hydrogen-bond acceptors (Lipinski definition) is 6. The summed E-state index contributed by atoms with van der Waals surface area (Å²) in [6.45, 7) is 1.40. The van der Waals surface area contributed by atoms with Gasteiger partial charge in [-0.25, -0.2) is 4.79 Å². The number of carbonyl (C=O) groups is 2. The maximum Gasteiger partial charge on any atom is 0.331 e. The van der Waals surface area contributed by atoms with Gasteiger partial charge in [-0.05, 0) is 36.8 Å². The molecule has 0 heterocycles. The van der Waals surface area contributed by atoms with Crippen LogP contribution in [0.3, 0.4) is 0 Å². The van der Waals surface area contributed by atoms with Gasteiger partial charge in [0.1, 0.15) is 5.75 Å². The number of amides is 1. The van der Waals surface area contributed by atoms with Gasteiger partial charge in [0.2, 0.25) is 0 Å². The number of carbonyl (C=O) groups excluding carboxylic acids is 2. The normalized spacial score (nSPS) is 10.5. The van der Waals surface area contributed by atoms with Crippen molar-refractivity contribution in [2.45, 2.75) is 6.92 Å². The van der Waals surface area contributed by atoms with Crippen LogP contribution in [0, 0.1) is 6.92 Å². The molecular weight excluding hydrogens is 398 g/mol.